The topological polar surface area (TPSA) is 31.1 Å². The van der Waals surface area contributed by atoms with Gasteiger partial charge >= 0.3 is 0 Å². The van der Waals surface area contributed by atoms with Crippen LogP contribution in [0, 0.1) is 0 Å². The highest BCUT2D eigenvalue weighted by Crippen LogP contribution is 2.26. The number of benzene rings is 2. The van der Waals surface area contributed by atoms with Crippen molar-refractivity contribution < 1.29 is 9.80 Å². The van der Waals surface area contributed by atoms with Gasteiger partial charge < -0.3 is 14.4 Å². The molecule has 5 nitrogen and oxygen atoms in total. The standard InChI is InChI=1S/C23H27N5/c1-25-14-16-26(17-15-25)12-7-13-27-22(19-8-3-2-4-9-19)18-28-21-11-6-5-10-20(21)24-23(27)28/h2-6,8-11,18H,7,12-17H2,1H3/p+2. The van der Waals surface area contributed by atoms with Crippen LogP contribution in [0.3, 0.4) is 0 Å². The van der Waals surface area contributed by atoms with Crippen LogP contribution in [0.25, 0.3) is 28.1 Å². The van der Waals surface area contributed by atoms with Gasteiger partial charge in [-0.25, -0.2) is 4.98 Å². The fourth-order valence-corrected chi connectivity index (χ4v) is 4.48. The fraction of sp³-hybridized carbons (Fsp3) is 0.348. The summed E-state index contributed by atoms with van der Waals surface area (Å²) >= 11 is 0. The number of rotatable bonds is 5. The Bertz CT molecular complexity index is 1070. The lowest BCUT2D eigenvalue weighted by Gasteiger charge is -2.27. The number of aryl methyl sites for hydroxylation is 1. The van der Waals surface area contributed by atoms with Crippen LogP contribution in [-0.2, 0) is 6.54 Å². The van der Waals surface area contributed by atoms with Crippen molar-refractivity contribution in [2.45, 2.75) is 13.0 Å². The Morgan fingerprint density at radius 3 is 2.50 bits per heavy atom. The van der Waals surface area contributed by atoms with Crippen molar-refractivity contribution >= 4 is 16.8 Å². The van der Waals surface area contributed by atoms with E-state index in [0.29, 0.717) is 0 Å². The van der Waals surface area contributed by atoms with Crippen LogP contribution in [0.1, 0.15) is 6.42 Å². The molecule has 0 atom stereocenters. The first kappa shape index (κ1) is 17.5. The number of para-hydroxylation sites is 2. The zero-order chi connectivity index (χ0) is 18.9. The van der Waals surface area contributed by atoms with Crippen molar-refractivity contribution in [1.29, 1.82) is 0 Å². The SMILES string of the molecule is C[NH+]1CC[NH+](CCCn2c(-c3ccccc3)cn3c4ccccc4nc23)CC1. The van der Waals surface area contributed by atoms with Crippen LogP contribution in [-0.4, -0.2) is 53.7 Å². The van der Waals surface area contributed by atoms with Crippen LogP contribution in [0.15, 0.2) is 60.8 Å². The number of aromatic nitrogens is 3. The van der Waals surface area contributed by atoms with Crippen LogP contribution >= 0.6 is 0 Å². The monoisotopic (exact) mass is 375 g/mol. The molecule has 2 aromatic carbocycles. The summed E-state index contributed by atoms with van der Waals surface area (Å²) in [4.78, 5) is 8.38. The quantitative estimate of drug-likeness (QED) is 0.530. The molecule has 0 saturated carbocycles. The second-order valence-corrected chi connectivity index (χ2v) is 8.11. The van der Waals surface area contributed by atoms with Crippen LogP contribution in [0.2, 0.25) is 0 Å². The Morgan fingerprint density at radius 1 is 0.929 bits per heavy atom. The average Bonchev–Trinajstić information content (AvgIpc) is 3.27. The van der Waals surface area contributed by atoms with Gasteiger partial charge in [-0.05, 0) is 17.7 Å². The molecule has 0 spiro atoms. The Morgan fingerprint density at radius 2 is 1.68 bits per heavy atom. The summed E-state index contributed by atoms with van der Waals surface area (Å²) in [5.74, 6) is 1.05. The van der Waals surface area contributed by atoms with Crippen molar-refractivity contribution in [1.82, 2.24) is 14.0 Å². The number of likely N-dealkylation sites (N-methyl/N-ethyl adjacent to an activating group) is 1. The molecule has 0 amide bonds. The van der Waals surface area contributed by atoms with E-state index in [9.17, 15) is 0 Å². The van der Waals surface area contributed by atoms with E-state index in [1.165, 1.54) is 55.9 Å². The number of nitrogens with zero attached hydrogens (tertiary/aromatic N) is 3. The molecular weight excluding hydrogens is 346 g/mol. The van der Waals surface area contributed by atoms with Crippen molar-refractivity contribution in [2.24, 2.45) is 0 Å². The predicted molar refractivity (Wildman–Crippen MR) is 113 cm³/mol. The van der Waals surface area contributed by atoms with Crippen molar-refractivity contribution in [3.05, 3.63) is 60.8 Å². The molecule has 0 unspecified atom stereocenters. The highest BCUT2D eigenvalue weighted by Gasteiger charge is 2.20. The number of fused-ring (bicyclic) bond motifs is 3. The first-order valence-electron chi connectivity index (χ1n) is 10.5. The molecule has 5 rings (SSSR count). The molecule has 4 aromatic rings. The van der Waals surface area contributed by atoms with E-state index < -0.39 is 0 Å². The molecule has 0 bridgehead atoms. The zero-order valence-electron chi connectivity index (χ0n) is 16.6. The maximum Gasteiger partial charge on any atom is 0.215 e. The van der Waals surface area contributed by atoms with E-state index in [0.717, 1.165) is 17.8 Å². The van der Waals surface area contributed by atoms with E-state index in [-0.39, 0.29) is 0 Å². The van der Waals surface area contributed by atoms with Gasteiger partial charge in [0.05, 0.1) is 30.3 Å². The van der Waals surface area contributed by atoms with Gasteiger partial charge in [0, 0.05) is 19.2 Å². The predicted octanol–water partition coefficient (Wildman–Crippen LogP) is 0.759. The first-order valence-corrected chi connectivity index (χ1v) is 10.5. The maximum absolute atomic E-state index is 4.95. The molecule has 0 radical (unpaired) electrons. The molecule has 0 aliphatic carbocycles. The van der Waals surface area contributed by atoms with Gasteiger partial charge in [-0.3, -0.25) is 4.40 Å². The van der Waals surface area contributed by atoms with Crippen molar-refractivity contribution in [2.75, 3.05) is 39.8 Å². The molecule has 28 heavy (non-hydrogen) atoms. The fourth-order valence-electron chi connectivity index (χ4n) is 4.48. The Kier molecular flexibility index (Phi) is 4.63. The van der Waals surface area contributed by atoms with Gasteiger partial charge in [0.1, 0.15) is 26.2 Å². The van der Waals surface area contributed by atoms with Gasteiger partial charge in [-0.2, -0.15) is 0 Å². The molecule has 2 N–H and O–H groups in total. The summed E-state index contributed by atoms with van der Waals surface area (Å²) < 4.78 is 4.67. The summed E-state index contributed by atoms with van der Waals surface area (Å²) in [7, 11) is 2.31. The van der Waals surface area contributed by atoms with Gasteiger partial charge in [0.25, 0.3) is 0 Å². The van der Waals surface area contributed by atoms with Gasteiger partial charge in [0.2, 0.25) is 5.78 Å². The second-order valence-electron chi connectivity index (χ2n) is 8.11. The Labute approximate surface area is 165 Å². The van der Waals surface area contributed by atoms with Crippen LogP contribution in [0.4, 0.5) is 0 Å². The first-order chi connectivity index (χ1) is 13.8. The van der Waals surface area contributed by atoms with E-state index in [1.54, 1.807) is 9.80 Å². The number of hydrogen-bond donors (Lipinski definition) is 2. The lowest BCUT2D eigenvalue weighted by Crippen LogP contribution is -3.27. The third-order valence-electron chi connectivity index (χ3n) is 6.15. The number of imidazole rings is 2. The maximum atomic E-state index is 4.95. The largest absolute Gasteiger partial charge is 0.328 e. The zero-order valence-corrected chi connectivity index (χ0v) is 16.6. The molecule has 5 heteroatoms. The Hall–Kier alpha value is -2.63. The smallest absolute Gasteiger partial charge is 0.215 e. The summed E-state index contributed by atoms with van der Waals surface area (Å²) in [6.07, 6.45) is 3.44. The molecule has 144 valence electrons. The van der Waals surface area contributed by atoms with E-state index in [1.807, 2.05) is 0 Å². The highest BCUT2D eigenvalue weighted by atomic mass is 15.2. The number of piperazine rings is 1. The van der Waals surface area contributed by atoms with Gasteiger partial charge in [-0.15, -0.1) is 0 Å². The third kappa shape index (κ3) is 3.21. The lowest BCUT2D eigenvalue weighted by molar-refractivity contribution is -1.00. The second kappa shape index (κ2) is 7.41. The third-order valence-corrected chi connectivity index (χ3v) is 6.15. The minimum absolute atomic E-state index is 1.01. The summed E-state index contributed by atoms with van der Waals surface area (Å²) in [6, 6.07) is 19.1. The summed E-state index contributed by atoms with van der Waals surface area (Å²) in [5.41, 5.74) is 4.76. The van der Waals surface area contributed by atoms with Gasteiger partial charge in [-0.1, -0.05) is 42.5 Å². The molecular formula is C23H29N5+2. The van der Waals surface area contributed by atoms with Crippen molar-refractivity contribution in [3.63, 3.8) is 0 Å². The molecule has 1 aliphatic rings. The van der Waals surface area contributed by atoms with E-state index in [2.05, 4.69) is 76.8 Å². The minimum Gasteiger partial charge on any atom is -0.328 e. The van der Waals surface area contributed by atoms with Crippen LogP contribution < -0.4 is 9.80 Å². The average molecular weight is 376 g/mol. The molecule has 2 aromatic heterocycles. The number of quaternary nitrogens is 2. The molecule has 3 heterocycles. The highest BCUT2D eigenvalue weighted by molar-refractivity contribution is 5.81. The van der Waals surface area contributed by atoms with Gasteiger partial charge in [0.15, 0.2) is 0 Å². The number of nitrogens with one attached hydrogen (secondary N) is 2. The molecule has 1 saturated heterocycles. The van der Waals surface area contributed by atoms with E-state index in [4.69, 9.17) is 4.98 Å². The van der Waals surface area contributed by atoms with Crippen molar-refractivity contribution in [3.8, 4) is 11.3 Å². The lowest BCUT2D eigenvalue weighted by atomic mass is 10.1. The minimum atomic E-state index is 1.01. The molecule has 1 fully saturated rings. The van der Waals surface area contributed by atoms with E-state index >= 15 is 0 Å². The summed E-state index contributed by atoms with van der Waals surface area (Å²) in [6.45, 7) is 7.44. The number of hydrogen-bond acceptors (Lipinski definition) is 1. The van der Waals surface area contributed by atoms with Crippen LogP contribution in [0.5, 0.6) is 0 Å². The molecule has 1 aliphatic heterocycles. The Balaban J connectivity index is 1.46. The normalized spacial score (nSPS) is 20.2. The summed E-state index contributed by atoms with van der Waals surface area (Å²) in [5, 5.41) is 0.